The number of benzene rings is 1. The molecule has 0 bridgehead atoms. The van der Waals surface area contributed by atoms with Gasteiger partial charge in [-0.1, -0.05) is 6.07 Å². The van der Waals surface area contributed by atoms with Gasteiger partial charge in [0.2, 0.25) is 0 Å². The number of sulfone groups is 1. The van der Waals surface area contributed by atoms with Crippen molar-refractivity contribution in [3.05, 3.63) is 29.6 Å². The number of nitrogens with zero attached hydrogens (tertiary/aromatic N) is 1. The quantitative estimate of drug-likeness (QED) is 0.899. The normalized spacial score (nSPS) is 20.9. The zero-order chi connectivity index (χ0) is 16.3. The summed E-state index contributed by atoms with van der Waals surface area (Å²) in [4.78, 5) is 2.05. The van der Waals surface area contributed by atoms with E-state index in [1.807, 2.05) is 19.9 Å². The van der Waals surface area contributed by atoms with Crippen LogP contribution in [0.4, 0.5) is 10.1 Å². The molecule has 1 aliphatic rings. The number of halogens is 1. The van der Waals surface area contributed by atoms with E-state index in [0.29, 0.717) is 12.2 Å². The van der Waals surface area contributed by atoms with Crippen LogP contribution in [-0.2, 0) is 9.84 Å². The Hall–Kier alpha value is -1.14. The van der Waals surface area contributed by atoms with Gasteiger partial charge in [-0.05, 0) is 44.4 Å². The number of hydrogen-bond donors (Lipinski definition) is 1. The maximum Gasteiger partial charge on any atom is 0.148 e. The molecule has 1 aromatic rings. The van der Waals surface area contributed by atoms with E-state index in [0.717, 1.165) is 24.9 Å². The summed E-state index contributed by atoms with van der Waals surface area (Å²) in [7, 11) is -2.99. The van der Waals surface area contributed by atoms with Crippen LogP contribution in [0.25, 0.3) is 0 Å². The lowest BCUT2D eigenvalue weighted by Crippen LogP contribution is -2.50. The van der Waals surface area contributed by atoms with Crippen LogP contribution in [0, 0.1) is 12.7 Å². The highest BCUT2D eigenvalue weighted by Gasteiger charge is 2.24. The molecule has 1 aromatic carbocycles. The van der Waals surface area contributed by atoms with E-state index in [9.17, 15) is 12.8 Å². The summed E-state index contributed by atoms with van der Waals surface area (Å²) < 4.78 is 36.7. The average molecular weight is 328 g/mol. The standard InChI is InChI=1S/C16H25FN2O2S/c1-12-6-7-15(17)16(9-12)19-8-4-5-14(10-19)18-13(2)11-22(3,20)21/h6-7,9,13-14,18H,4-5,8,10-11H2,1-3H3. The predicted octanol–water partition coefficient (Wildman–Crippen LogP) is 2.13. The molecule has 1 heterocycles. The summed E-state index contributed by atoms with van der Waals surface area (Å²) >= 11 is 0. The molecule has 0 amide bonds. The van der Waals surface area contributed by atoms with Crippen LogP contribution in [-0.4, -0.2) is 45.6 Å². The molecular weight excluding hydrogens is 303 g/mol. The van der Waals surface area contributed by atoms with E-state index < -0.39 is 9.84 Å². The molecule has 1 saturated heterocycles. The summed E-state index contributed by atoms with van der Waals surface area (Å²) in [5.41, 5.74) is 1.68. The van der Waals surface area contributed by atoms with Crippen molar-refractivity contribution in [2.24, 2.45) is 0 Å². The second-order valence-corrected chi connectivity index (χ2v) is 8.59. The maximum absolute atomic E-state index is 14.0. The van der Waals surface area contributed by atoms with Gasteiger partial charge in [-0.15, -0.1) is 0 Å². The smallest absolute Gasteiger partial charge is 0.148 e. The van der Waals surface area contributed by atoms with Crippen LogP contribution in [0.2, 0.25) is 0 Å². The van der Waals surface area contributed by atoms with Crippen molar-refractivity contribution in [1.29, 1.82) is 0 Å². The number of rotatable bonds is 5. The first-order chi connectivity index (χ1) is 10.2. The Balaban J connectivity index is 2.01. The predicted molar refractivity (Wildman–Crippen MR) is 88.7 cm³/mol. The van der Waals surface area contributed by atoms with Gasteiger partial charge in [0.05, 0.1) is 11.4 Å². The largest absolute Gasteiger partial charge is 0.368 e. The lowest BCUT2D eigenvalue weighted by atomic mass is 10.0. The lowest BCUT2D eigenvalue weighted by Gasteiger charge is -2.36. The number of nitrogens with one attached hydrogen (secondary N) is 1. The van der Waals surface area contributed by atoms with Crippen molar-refractivity contribution in [3.8, 4) is 0 Å². The highest BCUT2D eigenvalue weighted by atomic mass is 32.2. The first-order valence-corrected chi connectivity index (χ1v) is 9.75. The monoisotopic (exact) mass is 328 g/mol. The SMILES string of the molecule is Cc1ccc(F)c(N2CCCC(NC(C)CS(C)(=O)=O)C2)c1. The minimum Gasteiger partial charge on any atom is -0.368 e. The fourth-order valence-electron chi connectivity index (χ4n) is 3.10. The second kappa shape index (κ2) is 6.96. The van der Waals surface area contributed by atoms with Gasteiger partial charge < -0.3 is 10.2 Å². The van der Waals surface area contributed by atoms with E-state index in [1.54, 1.807) is 6.07 Å². The Morgan fingerprint density at radius 2 is 2.18 bits per heavy atom. The minimum atomic E-state index is -2.99. The molecule has 0 saturated carbocycles. The van der Waals surface area contributed by atoms with Gasteiger partial charge in [0.15, 0.2) is 0 Å². The number of piperidine rings is 1. The highest BCUT2D eigenvalue weighted by Crippen LogP contribution is 2.24. The van der Waals surface area contributed by atoms with Gasteiger partial charge in [0.25, 0.3) is 0 Å². The van der Waals surface area contributed by atoms with Gasteiger partial charge in [0, 0.05) is 31.4 Å². The molecule has 1 aliphatic heterocycles. The summed E-state index contributed by atoms with van der Waals surface area (Å²) in [6, 6.07) is 5.24. The molecular formula is C16H25FN2O2S. The zero-order valence-electron chi connectivity index (χ0n) is 13.5. The van der Waals surface area contributed by atoms with E-state index in [1.165, 1.54) is 12.3 Å². The lowest BCUT2D eigenvalue weighted by molar-refractivity contribution is 0.392. The van der Waals surface area contributed by atoms with Gasteiger partial charge >= 0.3 is 0 Å². The van der Waals surface area contributed by atoms with Crippen LogP contribution >= 0.6 is 0 Å². The van der Waals surface area contributed by atoms with Crippen molar-refractivity contribution in [2.45, 2.75) is 38.8 Å². The van der Waals surface area contributed by atoms with E-state index in [-0.39, 0.29) is 23.7 Å². The fraction of sp³-hybridized carbons (Fsp3) is 0.625. The summed E-state index contributed by atoms with van der Waals surface area (Å²) in [5, 5.41) is 3.37. The number of aryl methyl sites for hydroxylation is 1. The molecule has 0 spiro atoms. The summed E-state index contributed by atoms with van der Waals surface area (Å²) in [6.45, 7) is 5.37. The Morgan fingerprint density at radius 1 is 1.45 bits per heavy atom. The van der Waals surface area contributed by atoms with Gasteiger partial charge in [-0.2, -0.15) is 0 Å². The van der Waals surface area contributed by atoms with Crippen LogP contribution < -0.4 is 10.2 Å². The molecule has 2 unspecified atom stereocenters. The van der Waals surface area contributed by atoms with Crippen molar-refractivity contribution < 1.29 is 12.8 Å². The second-order valence-electron chi connectivity index (χ2n) is 6.40. The van der Waals surface area contributed by atoms with Gasteiger partial charge in [-0.3, -0.25) is 0 Å². The Kier molecular flexibility index (Phi) is 5.45. The molecule has 2 atom stereocenters. The molecule has 4 nitrogen and oxygen atoms in total. The molecule has 124 valence electrons. The Bertz CT molecular complexity index is 619. The molecule has 0 radical (unpaired) electrons. The van der Waals surface area contributed by atoms with Crippen molar-refractivity contribution in [1.82, 2.24) is 5.32 Å². The third-order valence-electron chi connectivity index (χ3n) is 3.94. The van der Waals surface area contributed by atoms with E-state index in [4.69, 9.17) is 0 Å². The fourth-order valence-corrected chi connectivity index (χ4v) is 4.11. The topological polar surface area (TPSA) is 49.4 Å². The zero-order valence-corrected chi connectivity index (χ0v) is 14.3. The Morgan fingerprint density at radius 3 is 2.86 bits per heavy atom. The maximum atomic E-state index is 14.0. The summed E-state index contributed by atoms with van der Waals surface area (Å²) in [6.07, 6.45) is 3.20. The first-order valence-electron chi connectivity index (χ1n) is 7.69. The van der Waals surface area contributed by atoms with E-state index >= 15 is 0 Å². The molecule has 0 aliphatic carbocycles. The number of hydrogen-bond acceptors (Lipinski definition) is 4. The van der Waals surface area contributed by atoms with Crippen LogP contribution in [0.3, 0.4) is 0 Å². The molecule has 2 rings (SSSR count). The molecule has 1 N–H and O–H groups in total. The number of anilines is 1. The van der Waals surface area contributed by atoms with Crippen LogP contribution in [0.1, 0.15) is 25.3 Å². The average Bonchev–Trinajstić information content (AvgIpc) is 2.39. The molecule has 0 aromatic heterocycles. The summed E-state index contributed by atoms with van der Waals surface area (Å²) in [5.74, 6) is -0.0714. The van der Waals surface area contributed by atoms with E-state index in [2.05, 4.69) is 10.2 Å². The van der Waals surface area contributed by atoms with Crippen molar-refractivity contribution >= 4 is 15.5 Å². The molecule has 6 heteroatoms. The van der Waals surface area contributed by atoms with Gasteiger partial charge in [0.1, 0.15) is 15.7 Å². The Labute approximate surface area is 132 Å². The third kappa shape index (κ3) is 4.95. The molecule has 22 heavy (non-hydrogen) atoms. The highest BCUT2D eigenvalue weighted by molar-refractivity contribution is 7.90. The van der Waals surface area contributed by atoms with Crippen molar-refractivity contribution in [3.63, 3.8) is 0 Å². The van der Waals surface area contributed by atoms with Gasteiger partial charge in [-0.25, -0.2) is 12.8 Å². The minimum absolute atomic E-state index is 0.0951. The van der Waals surface area contributed by atoms with Crippen LogP contribution in [0.5, 0.6) is 0 Å². The van der Waals surface area contributed by atoms with Crippen LogP contribution in [0.15, 0.2) is 18.2 Å². The molecule has 1 fully saturated rings. The first kappa shape index (κ1) is 17.2. The third-order valence-corrected chi connectivity index (χ3v) is 5.04. The van der Waals surface area contributed by atoms with Crippen molar-refractivity contribution in [2.75, 3.05) is 30.0 Å².